The van der Waals surface area contributed by atoms with Crippen molar-refractivity contribution < 1.29 is 4.79 Å². The number of rotatable bonds is 6. The second-order valence-electron chi connectivity index (χ2n) is 4.14. The maximum atomic E-state index is 11.9. The summed E-state index contributed by atoms with van der Waals surface area (Å²) in [6.07, 6.45) is 7.64. The lowest BCUT2D eigenvalue weighted by Crippen LogP contribution is -2.41. The molecule has 1 heterocycles. The third-order valence-electron chi connectivity index (χ3n) is 2.58. The van der Waals surface area contributed by atoms with Crippen molar-refractivity contribution in [2.24, 2.45) is 5.73 Å². The van der Waals surface area contributed by atoms with Gasteiger partial charge in [-0.25, -0.2) is 0 Å². The topological polar surface area (TPSA) is 72.1 Å². The summed E-state index contributed by atoms with van der Waals surface area (Å²) in [6.45, 7) is 2.53. The minimum atomic E-state index is -0.406. The number of amides is 1. The number of hydrogen-bond acceptors (Lipinski definition) is 4. The highest BCUT2D eigenvalue weighted by Gasteiger charge is 2.17. The number of carbonyl (C=O) groups excluding carboxylic acids is 1. The van der Waals surface area contributed by atoms with E-state index in [1.165, 1.54) is 0 Å². The van der Waals surface area contributed by atoms with Crippen LogP contribution >= 0.6 is 0 Å². The molecule has 0 saturated carbocycles. The van der Waals surface area contributed by atoms with Gasteiger partial charge in [-0.15, -0.1) is 0 Å². The summed E-state index contributed by atoms with van der Waals surface area (Å²) in [5.74, 6) is -0.0379. The summed E-state index contributed by atoms with van der Waals surface area (Å²) in [5, 5.41) is 0. The van der Waals surface area contributed by atoms with Crippen LogP contribution in [0, 0.1) is 0 Å². The Kier molecular flexibility index (Phi) is 5.56. The van der Waals surface area contributed by atoms with Crippen molar-refractivity contribution in [1.82, 2.24) is 14.9 Å². The van der Waals surface area contributed by atoms with Gasteiger partial charge in [-0.05, 0) is 6.42 Å². The summed E-state index contributed by atoms with van der Waals surface area (Å²) in [5.41, 5.74) is 6.60. The van der Waals surface area contributed by atoms with Crippen molar-refractivity contribution in [2.45, 2.75) is 38.8 Å². The Morgan fingerprint density at radius 2 is 2.29 bits per heavy atom. The molecular weight excluding hydrogens is 216 g/mol. The van der Waals surface area contributed by atoms with Crippen LogP contribution in [0.3, 0.4) is 0 Å². The molecule has 0 aliphatic heterocycles. The van der Waals surface area contributed by atoms with E-state index >= 15 is 0 Å². The fraction of sp³-hybridized carbons (Fsp3) is 0.583. The van der Waals surface area contributed by atoms with Gasteiger partial charge in [0.15, 0.2) is 0 Å². The molecule has 1 atom stereocenters. The fourth-order valence-corrected chi connectivity index (χ4v) is 1.56. The van der Waals surface area contributed by atoms with Crippen LogP contribution in [0.4, 0.5) is 0 Å². The molecule has 1 aromatic rings. The number of unbranched alkanes of at least 4 members (excludes halogenated alkanes) is 1. The molecule has 0 aliphatic carbocycles. The molecule has 1 aromatic heterocycles. The van der Waals surface area contributed by atoms with Crippen LogP contribution in [-0.2, 0) is 11.3 Å². The van der Waals surface area contributed by atoms with Gasteiger partial charge in [0.05, 0.1) is 24.5 Å². The maximum Gasteiger partial charge on any atom is 0.239 e. The molecule has 1 unspecified atom stereocenters. The largest absolute Gasteiger partial charge is 0.338 e. The van der Waals surface area contributed by atoms with Crippen LogP contribution in [0.1, 0.15) is 31.9 Å². The number of nitrogens with two attached hydrogens (primary N) is 1. The van der Waals surface area contributed by atoms with E-state index in [1.54, 1.807) is 30.5 Å². The molecule has 0 bridgehead atoms. The number of carbonyl (C=O) groups is 1. The van der Waals surface area contributed by atoms with Crippen LogP contribution in [0.5, 0.6) is 0 Å². The van der Waals surface area contributed by atoms with Crippen molar-refractivity contribution in [3.8, 4) is 0 Å². The van der Waals surface area contributed by atoms with Gasteiger partial charge in [0.2, 0.25) is 5.91 Å². The zero-order valence-electron chi connectivity index (χ0n) is 10.5. The first-order valence-electron chi connectivity index (χ1n) is 5.90. The Morgan fingerprint density at radius 1 is 1.53 bits per heavy atom. The molecule has 0 aliphatic rings. The van der Waals surface area contributed by atoms with Crippen LogP contribution in [0.25, 0.3) is 0 Å². The first kappa shape index (κ1) is 13.6. The maximum absolute atomic E-state index is 11.9. The number of likely N-dealkylation sites (N-methyl/N-ethyl adjacent to an activating group) is 1. The van der Waals surface area contributed by atoms with E-state index in [-0.39, 0.29) is 5.91 Å². The molecule has 0 saturated heterocycles. The predicted molar refractivity (Wildman–Crippen MR) is 66.0 cm³/mol. The van der Waals surface area contributed by atoms with Crippen LogP contribution in [0.2, 0.25) is 0 Å². The Morgan fingerprint density at radius 3 is 2.88 bits per heavy atom. The van der Waals surface area contributed by atoms with Gasteiger partial charge >= 0.3 is 0 Å². The van der Waals surface area contributed by atoms with Crippen molar-refractivity contribution >= 4 is 5.91 Å². The van der Waals surface area contributed by atoms with Gasteiger partial charge in [-0.1, -0.05) is 19.8 Å². The normalized spacial score (nSPS) is 12.2. The van der Waals surface area contributed by atoms with Crippen molar-refractivity contribution in [3.63, 3.8) is 0 Å². The van der Waals surface area contributed by atoms with E-state index in [0.717, 1.165) is 25.0 Å². The minimum Gasteiger partial charge on any atom is -0.338 e. The Labute approximate surface area is 102 Å². The van der Waals surface area contributed by atoms with E-state index in [2.05, 4.69) is 16.9 Å². The second kappa shape index (κ2) is 6.96. The first-order chi connectivity index (χ1) is 8.15. The highest BCUT2D eigenvalue weighted by molar-refractivity contribution is 5.81. The van der Waals surface area contributed by atoms with Crippen LogP contribution in [0.15, 0.2) is 18.6 Å². The molecule has 94 valence electrons. The Bertz CT molecular complexity index is 342. The molecule has 1 amide bonds. The lowest BCUT2D eigenvalue weighted by Gasteiger charge is -2.20. The molecule has 5 heteroatoms. The summed E-state index contributed by atoms with van der Waals surface area (Å²) >= 11 is 0. The van der Waals surface area contributed by atoms with Crippen molar-refractivity contribution in [1.29, 1.82) is 0 Å². The minimum absolute atomic E-state index is 0.0379. The third-order valence-corrected chi connectivity index (χ3v) is 2.58. The molecule has 0 aromatic carbocycles. The van der Waals surface area contributed by atoms with Gasteiger partial charge < -0.3 is 10.6 Å². The standard InChI is InChI=1S/C12H20N4O/c1-3-4-5-11(13)12(17)16(2)9-10-8-14-6-7-15-10/h6-8,11H,3-5,9,13H2,1-2H3. The zero-order valence-corrected chi connectivity index (χ0v) is 10.5. The predicted octanol–water partition coefficient (Wildman–Crippen LogP) is 0.952. The fourth-order valence-electron chi connectivity index (χ4n) is 1.56. The molecule has 1 rings (SSSR count). The lowest BCUT2D eigenvalue weighted by molar-refractivity contribution is -0.132. The van der Waals surface area contributed by atoms with Crippen LogP contribution < -0.4 is 5.73 Å². The SMILES string of the molecule is CCCCC(N)C(=O)N(C)Cc1cnccn1. The summed E-state index contributed by atoms with van der Waals surface area (Å²) < 4.78 is 0. The van der Waals surface area contributed by atoms with E-state index in [0.29, 0.717) is 6.54 Å². The molecule has 0 radical (unpaired) electrons. The van der Waals surface area contributed by atoms with Gasteiger partial charge in [-0.2, -0.15) is 0 Å². The summed E-state index contributed by atoms with van der Waals surface area (Å²) in [7, 11) is 1.74. The van der Waals surface area contributed by atoms with Crippen LogP contribution in [-0.4, -0.2) is 33.9 Å². The highest BCUT2D eigenvalue weighted by atomic mass is 16.2. The smallest absolute Gasteiger partial charge is 0.239 e. The monoisotopic (exact) mass is 236 g/mol. The van der Waals surface area contributed by atoms with Crippen molar-refractivity contribution in [2.75, 3.05) is 7.05 Å². The summed E-state index contributed by atoms with van der Waals surface area (Å²) in [4.78, 5) is 21.6. The highest BCUT2D eigenvalue weighted by Crippen LogP contribution is 2.04. The van der Waals surface area contributed by atoms with Gasteiger partial charge in [0, 0.05) is 19.4 Å². The van der Waals surface area contributed by atoms with Gasteiger partial charge in [0.1, 0.15) is 0 Å². The Hall–Kier alpha value is -1.49. The average Bonchev–Trinajstić information content (AvgIpc) is 2.36. The average molecular weight is 236 g/mol. The third kappa shape index (κ3) is 4.48. The molecule has 0 fully saturated rings. The molecular formula is C12H20N4O. The summed E-state index contributed by atoms with van der Waals surface area (Å²) in [6, 6.07) is -0.406. The zero-order chi connectivity index (χ0) is 12.7. The molecule has 17 heavy (non-hydrogen) atoms. The van der Waals surface area contributed by atoms with Crippen molar-refractivity contribution in [3.05, 3.63) is 24.3 Å². The van der Waals surface area contributed by atoms with Gasteiger partial charge in [0.25, 0.3) is 0 Å². The lowest BCUT2D eigenvalue weighted by atomic mass is 10.1. The molecule has 5 nitrogen and oxygen atoms in total. The Balaban J connectivity index is 2.47. The number of nitrogens with zero attached hydrogens (tertiary/aromatic N) is 3. The quantitative estimate of drug-likeness (QED) is 0.798. The molecule has 0 spiro atoms. The molecule has 2 N–H and O–H groups in total. The van der Waals surface area contributed by atoms with E-state index in [9.17, 15) is 4.79 Å². The first-order valence-corrected chi connectivity index (χ1v) is 5.90. The van der Waals surface area contributed by atoms with E-state index in [4.69, 9.17) is 5.73 Å². The second-order valence-corrected chi connectivity index (χ2v) is 4.14. The van der Waals surface area contributed by atoms with Gasteiger partial charge in [-0.3, -0.25) is 14.8 Å². The number of hydrogen-bond donors (Lipinski definition) is 1. The van der Waals surface area contributed by atoms with E-state index in [1.807, 2.05) is 0 Å². The van der Waals surface area contributed by atoms with E-state index < -0.39 is 6.04 Å². The number of aromatic nitrogens is 2.